The lowest BCUT2D eigenvalue weighted by molar-refractivity contribution is 0.269. The van der Waals surface area contributed by atoms with Crippen LogP contribution in [-0.2, 0) is 8.99 Å². The molecule has 1 fully saturated rings. The van der Waals surface area contributed by atoms with Crippen LogP contribution in [0.2, 0.25) is 5.04 Å². The smallest absolute Gasteiger partial charge is 0.261 e. The minimum atomic E-state index is -3.14. The predicted molar refractivity (Wildman–Crippen MR) is 187 cm³/mol. The highest BCUT2D eigenvalue weighted by molar-refractivity contribution is 7.76. The number of hydrogen-bond acceptors (Lipinski definition) is 2. The summed E-state index contributed by atoms with van der Waals surface area (Å²) in [5.41, 5.74) is 1.16. The van der Waals surface area contributed by atoms with Crippen LogP contribution in [0, 0.1) is 11.8 Å². The fourth-order valence-electron chi connectivity index (χ4n) is 6.71. The molecule has 6 rings (SSSR count). The average molecular weight is 616 g/mol. The molecule has 0 amide bonds. The van der Waals surface area contributed by atoms with Crippen LogP contribution in [0.3, 0.4) is 0 Å². The van der Waals surface area contributed by atoms with Crippen LogP contribution in [0.5, 0.6) is 0 Å². The lowest BCUT2D eigenvalue weighted by atomic mass is 10.0. The summed E-state index contributed by atoms with van der Waals surface area (Å²) in [4.78, 5) is 0. The number of rotatable bonds is 11. The summed E-state index contributed by atoms with van der Waals surface area (Å²) in [5.74, 6) is 0.658. The third-order valence-corrected chi connectivity index (χ3v) is 16.8. The Labute approximate surface area is 263 Å². The Bertz CT molecular complexity index is 1590. The Morgan fingerprint density at radius 3 is 1.52 bits per heavy atom. The van der Waals surface area contributed by atoms with Crippen LogP contribution in [0.1, 0.15) is 38.8 Å². The highest BCUT2D eigenvalue weighted by atomic mass is 31.2. The molecule has 1 N–H and O–H groups in total. The fourth-order valence-corrected chi connectivity index (χ4v) is 13.8. The van der Waals surface area contributed by atoms with Gasteiger partial charge in [0.1, 0.15) is 0 Å². The zero-order chi connectivity index (χ0) is 30.6. The van der Waals surface area contributed by atoms with Gasteiger partial charge in [0.05, 0.1) is 0 Å². The van der Waals surface area contributed by atoms with Gasteiger partial charge < -0.3 is 4.43 Å². The Hall–Kier alpha value is -3.53. The molecule has 1 aliphatic rings. The van der Waals surface area contributed by atoms with Gasteiger partial charge in [-0.05, 0) is 63.5 Å². The summed E-state index contributed by atoms with van der Waals surface area (Å²) in [5, 5.41) is 7.95. The quantitative estimate of drug-likeness (QED) is 0.124. The highest BCUT2D eigenvalue weighted by Gasteiger charge is 2.53. The molecule has 224 valence electrons. The van der Waals surface area contributed by atoms with Gasteiger partial charge in [-0.1, -0.05) is 148 Å². The highest BCUT2D eigenvalue weighted by Crippen LogP contribution is 2.53. The lowest BCUT2D eigenvalue weighted by Crippen LogP contribution is -2.66. The molecule has 5 aromatic rings. The molecule has 0 saturated heterocycles. The Morgan fingerprint density at radius 2 is 1.09 bits per heavy atom. The van der Waals surface area contributed by atoms with E-state index >= 15 is 4.57 Å². The summed E-state index contributed by atoms with van der Waals surface area (Å²) in [7, 11) is -5.78. The molecular formula is C39H42NO2PSi. The van der Waals surface area contributed by atoms with Gasteiger partial charge in [0.2, 0.25) is 7.29 Å². The third kappa shape index (κ3) is 6.05. The van der Waals surface area contributed by atoms with Crippen molar-refractivity contribution in [2.24, 2.45) is 11.8 Å². The second-order valence-corrected chi connectivity index (χ2v) is 19.7. The molecule has 0 heterocycles. The molecule has 0 radical (unpaired) electrons. The zero-order valence-corrected chi connectivity index (χ0v) is 27.7. The standard InChI is InChI=1S/C39H42NO2PSi/c1-39(2,3)44(35-25-15-7-16-26-35,36-27-17-8-18-28-36)42-30-32-29-37(32)38(31-19-9-4-10-20-31)40-43(41,33-21-11-5-12-22-33)34-23-13-6-14-24-34/h4-28,32,37-38H,29-30H2,1-3H3,(H,40,41)/t32-,37+,38-/m1/s1. The average Bonchev–Trinajstić information content (AvgIpc) is 3.85. The number of nitrogens with one attached hydrogen (secondary N) is 1. The lowest BCUT2D eigenvalue weighted by Gasteiger charge is -2.43. The van der Waals surface area contributed by atoms with Crippen molar-refractivity contribution in [2.75, 3.05) is 6.61 Å². The van der Waals surface area contributed by atoms with Crippen molar-refractivity contribution in [2.45, 2.75) is 38.3 Å². The van der Waals surface area contributed by atoms with Crippen molar-refractivity contribution >= 4 is 36.6 Å². The summed E-state index contributed by atoms with van der Waals surface area (Å²) in [6.45, 7) is 7.65. The molecule has 3 atom stereocenters. The Kier molecular flexibility index (Phi) is 8.89. The molecule has 0 bridgehead atoms. The van der Waals surface area contributed by atoms with E-state index in [4.69, 9.17) is 4.43 Å². The first-order valence-electron chi connectivity index (χ1n) is 15.6. The van der Waals surface area contributed by atoms with E-state index in [1.54, 1.807) is 0 Å². The first-order valence-corrected chi connectivity index (χ1v) is 19.2. The Balaban J connectivity index is 1.34. The fraction of sp³-hybridized carbons (Fsp3) is 0.231. The van der Waals surface area contributed by atoms with Crippen LogP contribution < -0.4 is 26.1 Å². The summed E-state index contributed by atoms with van der Waals surface area (Å²) >= 11 is 0. The second-order valence-electron chi connectivity index (χ2n) is 12.9. The largest absolute Gasteiger partial charge is 0.407 e. The molecular weight excluding hydrogens is 573 g/mol. The minimum Gasteiger partial charge on any atom is -0.407 e. The predicted octanol–water partition coefficient (Wildman–Crippen LogP) is 7.46. The normalized spacial score (nSPS) is 17.6. The maximum atomic E-state index is 15.1. The van der Waals surface area contributed by atoms with E-state index < -0.39 is 15.6 Å². The van der Waals surface area contributed by atoms with Gasteiger partial charge in [-0.25, -0.2) is 0 Å². The number of hydrogen-bond donors (Lipinski definition) is 1. The molecule has 3 nitrogen and oxygen atoms in total. The van der Waals surface area contributed by atoms with E-state index in [9.17, 15) is 0 Å². The van der Waals surface area contributed by atoms with Crippen molar-refractivity contribution in [3.8, 4) is 0 Å². The maximum Gasteiger partial charge on any atom is 0.261 e. The van der Waals surface area contributed by atoms with Gasteiger partial charge in [-0.15, -0.1) is 0 Å². The van der Waals surface area contributed by atoms with Gasteiger partial charge in [0, 0.05) is 23.3 Å². The molecule has 44 heavy (non-hydrogen) atoms. The summed E-state index contributed by atoms with van der Waals surface area (Å²) < 4.78 is 22.5. The van der Waals surface area contributed by atoms with Crippen molar-refractivity contribution < 1.29 is 8.99 Å². The third-order valence-electron chi connectivity index (χ3n) is 9.06. The molecule has 0 aromatic heterocycles. The maximum absolute atomic E-state index is 15.1. The molecule has 1 saturated carbocycles. The van der Waals surface area contributed by atoms with Gasteiger partial charge in [0.15, 0.2) is 0 Å². The van der Waals surface area contributed by atoms with Gasteiger partial charge in [0.25, 0.3) is 8.32 Å². The SMILES string of the molecule is CC(C)(C)[Si](OC[C@H]1C[C@@H]1[C@H](NP(=O)(c1ccccc1)c1ccccc1)c1ccccc1)(c1ccccc1)c1ccccc1. The van der Waals surface area contributed by atoms with Crippen LogP contribution in [0.25, 0.3) is 0 Å². The molecule has 5 heteroatoms. The van der Waals surface area contributed by atoms with Crippen molar-refractivity contribution in [1.29, 1.82) is 0 Å². The number of benzene rings is 5. The van der Waals surface area contributed by atoms with E-state index in [0.29, 0.717) is 18.4 Å². The molecule has 0 spiro atoms. The monoisotopic (exact) mass is 615 g/mol. The molecule has 0 unspecified atom stereocenters. The Morgan fingerprint density at radius 1 is 0.682 bits per heavy atom. The van der Waals surface area contributed by atoms with E-state index in [1.807, 2.05) is 66.7 Å². The van der Waals surface area contributed by atoms with Crippen LogP contribution in [-0.4, -0.2) is 14.9 Å². The van der Waals surface area contributed by atoms with Crippen LogP contribution >= 0.6 is 7.29 Å². The first-order chi connectivity index (χ1) is 21.3. The van der Waals surface area contributed by atoms with Crippen molar-refractivity contribution in [3.05, 3.63) is 157 Å². The van der Waals surface area contributed by atoms with E-state index in [1.165, 1.54) is 10.4 Å². The molecule has 0 aliphatic heterocycles. The minimum absolute atomic E-state index is 0.0739. The van der Waals surface area contributed by atoms with E-state index in [2.05, 4.69) is 111 Å². The van der Waals surface area contributed by atoms with E-state index in [0.717, 1.165) is 22.6 Å². The summed E-state index contributed by atoms with van der Waals surface area (Å²) in [6, 6.07) is 52.0. The first kappa shape index (κ1) is 30.5. The zero-order valence-electron chi connectivity index (χ0n) is 25.8. The topological polar surface area (TPSA) is 38.3 Å². The van der Waals surface area contributed by atoms with Crippen LogP contribution in [0.15, 0.2) is 152 Å². The molecule has 1 aliphatic carbocycles. The van der Waals surface area contributed by atoms with Crippen molar-refractivity contribution in [1.82, 2.24) is 5.09 Å². The van der Waals surface area contributed by atoms with E-state index in [-0.39, 0.29) is 11.1 Å². The molecule has 5 aromatic carbocycles. The van der Waals surface area contributed by atoms with Crippen molar-refractivity contribution in [3.63, 3.8) is 0 Å². The summed E-state index contributed by atoms with van der Waals surface area (Å²) in [6.07, 6.45) is 1.02. The van der Waals surface area contributed by atoms with Gasteiger partial charge in [-0.3, -0.25) is 9.65 Å². The van der Waals surface area contributed by atoms with Crippen LogP contribution in [0.4, 0.5) is 0 Å². The van der Waals surface area contributed by atoms with Gasteiger partial charge >= 0.3 is 0 Å². The second kappa shape index (κ2) is 12.8. The van der Waals surface area contributed by atoms with Gasteiger partial charge in [-0.2, -0.15) is 0 Å².